The van der Waals surface area contributed by atoms with Gasteiger partial charge in [-0.15, -0.1) is 0 Å². The van der Waals surface area contributed by atoms with E-state index in [0.29, 0.717) is 11.3 Å². The van der Waals surface area contributed by atoms with Gasteiger partial charge in [0.1, 0.15) is 0 Å². The minimum Gasteiger partial charge on any atom is -0.454 e. The molecule has 0 amide bonds. The number of ether oxygens (including phenoxy) is 2. The predicted octanol–water partition coefficient (Wildman–Crippen LogP) is 3.69. The van der Waals surface area contributed by atoms with Crippen LogP contribution in [-0.4, -0.2) is 21.6 Å². The van der Waals surface area contributed by atoms with E-state index in [1.165, 1.54) is 5.56 Å². The second kappa shape index (κ2) is 5.55. The number of aryl methyl sites for hydroxylation is 1. The number of nitrogens with one attached hydrogen (secondary N) is 1. The van der Waals surface area contributed by atoms with Gasteiger partial charge in [0.25, 0.3) is 0 Å². The Hall–Kier alpha value is -2.60. The molecule has 1 aliphatic heterocycles. The third kappa shape index (κ3) is 2.61. The van der Waals surface area contributed by atoms with E-state index < -0.39 is 0 Å². The molecule has 3 aromatic rings. The van der Waals surface area contributed by atoms with Crippen molar-refractivity contribution >= 4 is 12.2 Å². The van der Waals surface area contributed by atoms with Crippen LogP contribution in [0.5, 0.6) is 11.5 Å². The van der Waals surface area contributed by atoms with Gasteiger partial charge in [0.15, 0.2) is 22.1 Å². The van der Waals surface area contributed by atoms with Crippen LogP contribution in [-0.2, 0) is 6.54 Å². The lowest BCUT2D eigenvalue weighted by molar-refractivity contribution is 0.174. The van der Waals surface area contributed by atoms with E-state index in [9.17, 15) is 0 Å². The van der Waals surface area contributed by atoms with Crippen LogP contribution in [0.25, 0.3) is 11.4 Å². The Bertz CT molecular complexity index is 912. The monoisotopic (exact) mass is 325 g/mol. The average Bonchev–Trinajstić information content (AvgIpc) is 3.16. The van der Waals surface area contributed by atoms with Gasteiger partial charge < -0.3 is 9.47 Å². The average molecular weight is 325 g/mol. The first-order chi connectivity index (χ1) is 11.2. The first-order valence-electron chi connectivity index (χ1n) is 7.31. The summed E-state index contributed by atoms with van der Waals surface area (Å²) >= 11 is 5.39. The van der Waals surface area contributed by atoms with Gasteiger partial charge in [-0.2, -0.15) is 5.10 Å². The second-order valence-corrected chi connectivity index (χ2v) is 5.88. The molecule has 0 saturated carbocycles. The molecule has 0 unspecified atom stereocenters. The van der Waals surface area contributed by atoms with Crippen LogP contribution in [0, 0.1) is 11.7 Å². The van der Waals surface area contributed by atoms with E-state index in [-0.39, 0.29) is 6.79 Å². The Morgan fingerprint density at radius 1 is 1.13 bits per heavy atom. The zero-order valence-electron chi connectivity index (χ0n) is 12.6. The molecule has 0 atom stereocenters. The number of fused-ring (bicyclic) bond motifs is 1. The van der Waals surface area contributed by atoms with E-state index >= 15 is 0 Å². The quantitative estimate of drug-likeness (QED) is 0.746. The second-order valence-electron chi connectivity index (χ2n) is 5.49. The van der Waals surface area contributed by atoms with Crippen molar-refractivity contribution in [3.63, 3.8) is 0 Å². The lowest BCUT2D eigenvalue weighted by Gasteiger charge is -2.08. The van der Waals surface area contributed by atoms with Gasteiger partial charge >= 0.3 is 0 Å². The van der Waals surface area contributed by atoms with Crippen LogP contribution in [0.4, 0.5) is 0 Å². The van der Waals surface area contributed by atoms with Gasteiger partial charge in [-0.1, -0.05) is 35.9 Å². The fraction of sp³-hybridized carbons (Fsp3) is 0.176. The molecule has 0 aliphatic carbocycles. The summed E-state index contributed by atoms with van der Waals surface area (Å²) in [6.07, 6.45) is 0. The Morgan fingerprint density at radius 3 is 2.74 bits per heavy atom. The molecule has 2 heterocycles. The molecule has 23 heavy (non-hydrogen) atoms. The first-order valence-corrected chi connectivity index (χ1v) is 7.72. The lowest BCUT2D eigenvalue weighted by Crippen LogP contribution is -2.02. The van der Waals surface area contributed by atoms with Gasteiger partial charge in [-0.3, -0.25) is 9.67 Å². The van der Waals surface area contributed by atoms with Gasteiger partial charge in [-0.05, 0) is 36.8 Å². The molecule has 6 heteroatoms. The molecule has 0 saturated heterocycles. The maximum atomic E-state index is 5.44. The maximum absolute atomic E-state index is 5.44. The fourth-order valence-corrected chi connectivity index (χ4v) is 2.81. The molecular weight excluding hydrogens is 310 g/mol. The molecule has 2 aromatic carbocycles. The maximum Gasteiger partial charge on any atom is 0.231 e. The minimum absolute atomic E-state index is 0.276. The number of aromatic amines is 1. The van der Waals surface area contributed by atoms with Gasteiger partial charge in [-0.25, -0.2) is 0 Å². The Balaban J connectivity index is 1.71. The molecule has 0 radical (unpaired) electrons. The third-order valence-corrected chi connectivity index (χ3v) is 4.16. The summed E-state index contributed by atoms with van der Waals surface area (Å²) in [6, 6.07) is 14.2. The number of rotatable bonds is 3. The van der Waals surface area contributed by atoms with Crippen LogP contribution >= 0.6 is 12.2 Å². The van der Waals surface area contributed by atoms with Crippen molar-refractivity contribution in [3.8, 4) is 22.9 Å². The molecular formula is C17H15N3O2S. The zero-order chi connectivity index (χ0) is 15.8. The highest BCUT2D eigenvalue weighted by Crippen LogP contribution is 2.33. The normalized spacial score (nSPS) is 12.6. The molecule has 1 aliphatic rings. The summed E-state index contributed by atoms with van der Waals surface area (Å²) < 4.78 is 13.4. The molecule has 0 bridgehead atoms. The molecule has 1 aromatic heterocycles. The summed E-state index contributed by atoms with van der Waals surface area (Å²) in [6.45, 7) is 2.96. The summed E-state index contributed by atoms with van der Waals surface area (Å²) in [5, 5.41) is 7.26. The van der Waals surface area contributed by atoms with Crippen molar-refractivity contribution in [1.29, 1.82) is 0 Å². The highest BCUT2D eigenvalue weighted by atomic mass is 32.1. The highest BCUT2D eigenvalue weighted by molar-refractivity contribution is 7.71. The largest absolute Gasteiger partial charge is 0.454 e. The summed E-state index contributed by atoms with van der Waals surface area (Å²) in [4.78, 5) is 0. The number of benzene rings is 2. The standard InChI is InChI=1S/C17H15N3O2S/c1-11-2-5-13(6-3-11)16-18-19-17(23)20(16)9-12-4-7-14-15(8-12)22-10-21-14/h2-8H,9-10H2,1H3,(H,19,23). The topological polar surface area (TPSA) is 52.1 Å². The molecule has 1 N–H and O–H groups in total. The van der Waals surface area contributed by atoms with Crippen LogP contribution in [0.15, 0.2) is 42.5 Å². The van der Waals surface area contributed by atoms with Crippen molar-refractivity contribution < 1.29 is 9.47 Å². The van der Waals surface area contributed by atoms with E-state index in [4.69, 9.17) is 21.7 Å². The number of aromatic nitrogens is 3. The molecule has 116 valence electrons. The van der Waals surface area contributed by atoms with Crippen molar-refractivity contribution in [2.45, 2.75) is 13.5 Å². The Labute approximate surface area is 138 Å². The highest BCUT2D eigenvalue weighted by Gasteiger charge is 2.15. The fourth-order valence-electron chi connectivity index (χ4n) is 2.61. The Morgan fingerprint density at radius 2 is 1.91 bits per heavy atom. The van der Waals surface area contributed by atoms with Crippen LogP contribution in [0.2, 0.25) is 0 Å². The van der Waals surface area contributed by atoms with Crippen molar-refractivity contribution in [1.82, 2.24) is 14.8 Å². The third-order valence-electron chi connectivity index (χ3n) is 3.85. The molecule has 4 rings (SSSR count). The molecule has 0 spiro atoms. The summed E-state index contributed by atoms with van der Waals surface area (Å²) in [7, 11) is 0. The smallest absolute Gasteiger partial charge is 0.231 e. The van der Waals surface area contributed by atoms with Crippen LogP contribution in [0.3, 0.4) is 0 Å². The van der Waals surface area contributed by atoms with Crippen molar-refractivity contribution in [2.24, 2.45) is 0 Å². The van der Waals surface area contributed by atoms with E-state index in [0.717, 1.165) is 28.5 Å². The Kier molecular flexibility index (Phi) is 3.38. The summed E-state index contributed by atoms with van der Waals surface area (Å²) in [5.74, 6) is 2.38. The predicted molar refractivity (Wildman–Crippen MR) is 89.3 cm³/mol. The van der Waals surface area contributed by atoms with Crippen molar-refractivity contribution in [2.75, 3.05) is 6.79 Å². The number of H-pyrrole nitrogens is 1. The molecule has 0 fully saturated rings. The van der Waals surface area contributed by atoms with E-state index in [1.807, 2.05) is 22.8 Å². The van der Waals surface area contributed by atoms with Gasteiger partial charge in [0.2, 0.25) is 6.79 Å². The van der Waals surface area contributed by atoms with Crippen molar-refractivity contribution in [3.05, 3.63) is 58.4 Å². The number of hydrogen-bond acceptors (Lipinski definition) is 4. The first kappa shape index (κ1) is 14.0. The zero-order valence-corrected chi connectivity index (χ0v) is 13.4. The molecule has 5 nitrogen and oxygen atoms in total. The van der Waals surface area contributed by atoms with Gasteiger partial charge in [0, 0.05) is 5.56 Å². The van der Waals surface area contributed by atoms with E-state index in [1.54, 1.807) is 0 Å². The minimum atomic E-state index is 0.276. The van der Waals surface area contributed by atoms with Crippen LogP contribution in [0.1, 0.15) is 11.1 Å². The number of hydrogen-bond donors (Lipinski definition) is 1. The van der Waals surface area contributed by atoms with Crippen LogP contribution < -0.4 is 9.47 Å². The number of nitrogens with zero attached hydrogens (tertiary/aromatic N) is 2. The summed E-state index contributed by atoms with van der Waals surface area (Å²) in [5.41, 5.74) is 3.33. The van der Waals surface area contributed by atoms with E-state index in [2.05, 4.69) is 41.4 Å². The SMILES string of the molecule is Cc1ccc(-c2n[nH]c(=S)n2Cc2ccc3c(c2)OCO3)cc1. The van der Waals surface area contributed by atoms with Gasteiger partial charge in [0.05, 0.1) is 6.54 Å². The lowest BCUT2D eigenvalue weighted by atomic mass is 10.1.